The summed E-state index contributed by atoms with van der Waals surface area (Å²) in [5, 5.41) is 2.96. The van der Waals surface area contributed by atoms with Gasteiger partial charge in [-0.2, -0.15) is 0 Å². The zero-order valence-electron chi connectivity index (χ0n) is 19.3. The first-order chi connectivity index (χ1) is 15.9. The van der Waals surface area contributed by atoms with Crippen LogP contribution in [0.5, 0.6) is 0 Å². The molecule has 0 aromatic heterocycles. The molecule has 0 bridgehead atoms. The van der Waals surface area contributed by atoms with Crippen molar-refractivity contribution in [1.82, 2.24) is 5.32 Å². The lowest BCUT2D eigenvalue weighted by atomic mass is 10.1. The van der Waals surface area contributed by atoms with Crippen LogP contribution < -0.4 is 10.2 Å². The van der Waals surface area contributed by atoms with Crippen LogP contribution in [0.3, 0.4) is 0 Å². The Morgan fingerprint density at radius 3 is 2.12 bits per heavy atom. The van der Waals surface area contributed by atoms with Gasteiger partial charge >= 0.3 is 0 Å². The van der Waals surface area contributed by atoms with E-state index in [-0.39, 0.29) is 30.0 Å². The number of hydrogen-bond donors (Lipinski definition) is 1. The van der Waals surface area contributed by atoms with Crippen LogP contribution in [0.4, 0.5) is 10.1 Å². The highest BCUT2D eigenvalue weighted by Gasteiger charge is 2.18. The summed E-state index contributed by atoms with van der Waals surface area (Å²) in [5.74, 6) is -0.0873. The molecule has 0 heterocycles. The van der Waals surface area contributed by atoms with Crippen molar-refractivity contribution in [2.75, 3.05) is 11.4 Å². The summed E-state index contributed by atoms with van der Waals surface area (Å²) in [4.78, 5) is 26.9. The van der Waals surface area contributed by atoms with Gasteiger partial charge in [0, 0.05) is 18.7 Å². The fourth-order valence-corrected chi connectivity index (χ4v) is 3.59. The Morgan fingerprint density at radius 2 is 1.48 bits per heavy atom. The smallest absolute Gasteiger partial charge is 0.227 e. The van der Waals surface area contributed by atoms with Crippen LogP contribution in [0, 0.1) is 11.7 Å². The fraction of sp³-hybridized carbons (Fsp3) is 0.286. The molecule has 0 radical (unpaired) electrons. The van der Waals surface area contributed by atoms with Gasteiger partial charge in [-0.05, 0) is 53.3 Å². The summed E-state index contributed by atoms with van der Waals surface area (Å²) < 4.78 is 13.3. The van der Waals surface area contributed by atoms with Crippen LogP contribution in [-0.2, 0) is 29.0 Å². The molecule has 4 nitrogen and oxygen atoms in total. The number of nitrogens with zero attached hydrogens (tertiary/aromatic N) is 1. The van der Waals surface area contributed by atoms with Gasteiger partial charge in [-0.3, -0.25) is 9.59 Å². The molecule has 3 aromatic carbocycles. The molecule has 0 aliphatic rings. The normalized spacial score (nSPS) is 10.8. The number of benzene rings is 3. The molecule has 2 amide bonds. The standard InChI is InChI=1S/C28H31FN2O2/c1-21(2)18-28(33)31(20-24-8-12-25(29)13-9-24)26-14-10-23(11-15-26)19-27(32)30-17-16-22-6-4-3-5-7-22/h3-15,21H,16-20H2,1-2H3,(H,30,32). The third-order valence-corrected chi connectivity index (χ3v) is 5.33. The third kappa shape index (κ3) is 7.86. The SMILES string of the molecule is CC(C)CC(=O)N(Cc1ccc(F)cc1)c1ccc(CC(=O)NCCc2ccccc2)cc1. The van der Waals surface area contributed by atoms with E-state index in [9.17, 15) is 14.0 Å². The molecule has 0 saturated heterocycles. The molecule has 0 unspecified atom stereocenters. The van der Waals surface area contributed by atoms with Crippen molar-refractivity contribution in [3.63, 3.8) is 0 Å². The van der Waals surface area contributed by atoms with E-state index in [1.54, 1.807) is 17.0 Å². The van der Waals surface area contributed by atoms with Crippen molar-refractivity contribution in [1.29, 1.82) is 0 Å². The maximum atomic E-state index is 13.3. The van der Waals surface area contributed by atoms with Gasteiger partial charge in [0.1, 0.15) is 5.82 Å². The number of halogens is 1. The number of anilines is 1. The molecule has 1 N–H and O–H groups in total. The monoisotopic (exact) mass is 446 g/mol. The van der Waals surface area contributed by atoms with Crippen molar-refractivity contribution in [2.45, 2.75) is 39.7 Å². The highest BCUT2D eigenvalue weighted by molar-refractivity contribution is 5.93. The lowest BCUT2D eigenvalue weighted by Gasteiger charge is -2.24. The minimum absolute atomic E-state index is 0.0146. The summed E-state index contributed by atoms with van der Waals surface area (Å²) in [6.45, 7) is 4.97. The molecule has 0 saturated carbocycles. The topological polar surface area (TPSA) is 49.4 Å². The molecule has 0 atom stereocenters. The molecule has 172 valence electrons. The van der Waals surface area contributed by atoms with Gasteiger partial charge in [0.15, 0.2) is 0 Å². The maximum absolute atomic E-state index is 13.3. The molecule has 0 spiro atoms. The van der Waals surface area contributed by atoms with Crippen molar-refractivity contribution in [2.24, 2.45) is 5.92 Å². The fourth-order valence-electron chi connectivity index (χ4n) is 3.59. The average Bonchev–Trinajstić information content (AvgIpc) is 2.79. The van der Waals surface area contributed by atoms with Crippen LogP contribution in [0.25, 0.3) is 0 Å². The van der Waals surface area contributed by atoms with E-state index in [2.05, 4.69) is 5.32 Å². The second-order valence-corrected chi connectivity index (χ2v) is 8.63. The largest absolute Gasteiger partial charge is 0.355 e. The Morgan fingerprint density at radius 1 is 0.848 bits per heavy atom. The average molecular weight is 447 g/mol. The number of amides is 2. The predicted molar refractivity (Wildman–Crippen MR) is 130 cm³/mol. The summed E-state index contributed by atoms with van der Waals surface area (Å²) in [5.41, 5.74) is 3.69. The Balaban J connectivity index is 1.61. The first-order valence-corrected chi connectivity index (χ1v) is 11.3. The third-order valence-electron chi connectivity index (χ3n) is 5.33. The van der Waals surface area contributed by atoms with Crippen LogP contribution in [0.1, 0.15) is 37.0 Å². The molecule has 0 aliphatic heterocycles. The molecule has 3 aromatic rings. The number of hydrogen-bond acceptors (Lipinski definition) is 2. The van der Waals surface area contributed by atoms with E-state index in [4.69, 9.17) is 0 Å². The van der Waals surface area contributed by atoms with Crippen molar-refractivity contribution in [3.05, 3.63) is 101 Å². The first kappa shape index (κ1) is 24.2. The van der Waals surface area contributed by atoms with E-state index in [0.717, 1.165) is 23.2 Å². The first-order valence-electron chi connectivity index (χ1n) is 11.3. The second-order valence-electron chi connectivity index (χ2n) is 8.63. The van der Waals surface area contributed by atoms with Crippen LogP contribution in [-0.4, -0.2) is 18.4 Å². The Kier molecular flexibility index (Phi) is 8.76. The van der Waals surface area contributed by atoms with Crippen molar-refractivity contribution < 1.29 is 14.0 Å². The highest BCUT2D eigenvalue weighted by Crippen LogP contribution is 2.21. The molecular weight excluding hydrogens is 415 g/mol. The van der Waals surface area contributed by atoms with Crippen molar-refractivity contribution >= 4 is 17.5 Å². The van der Waals surface area contributed by atoms with E-state index in [0.29, 0.717) is 19.5 Å². The van der Waals surface area contributed by atoms with E-state index >= 15 is 0 Å². The van der Waals surface area contributed by atoms with Crippen LogP contribution in [0.2, 0.25) is 0 Å². The minimum Gasteiger partial charge on any atom is -0.355 e. The lowest BCUT2D eigenvalue weighted by molar-refractivity contribution is -0.120. The zero-order valence-corrected chi connectivity index (χ0v) is 19.3. The Labute approximate surface area is 195 Å². The second kappa shape index (κ2) is 12.0. The number of rotatable bonds is 10. The van der Waals surface area contributed by atoms with Gasteiger partial charge in [0.2, 0.25) is 11.8 Å². The minimum atomic E-state index is -0.301. The van der Waals surface area contributed by atoms with E-state index in [1.165, 1.54) is 17.7 Å². The number of carbonyl (C=O) groups excluding carboxylic acids is 2. The Hall–Kier alpha value is -3.47. The predicted octanol–water partition coefficient (Wildman–Crippen LogP) is 5.31. The molecule has 0 aliphatic carbocycles. The van der Waals surface area contributed by atoms with E-state index < -0.39 is 0 Å². The quantitative estimate of drug-likeness (QED) is 0.459. The molecule has 3 rings (SSSR count). The number of nitrogens with one attached hydrogen (secondary N) is 1. The van der Waals surface area contributed by atoms with E-state index in [1.807, 2.05) is 68.4 Å². The summed E-state index contributed by atoms with van der Waals surface area (Å²) in [7, 11) is 0. The summed E-state index contributed by atoms with van der Waals surface area (Å²) in [6, 6.07) is 23.7. The molecular formula is C28H31FN2O2. The molecule has 33 heavy (non-hydrogen) atoms. The van der Waals surface area contributed by atoms with Crippen molar-refractivity contribution in [3.8, 4) is 0 Å². The van der Waals surface area contributed by atoms with Gasteiger partial charge in [-0.15, -0.1) is 0 Å². The van der Waals surface area contributed by atoms with Gasteiger partial charge < -0.3 is 10.2 Å². The Bertz CT molecular complexity index is 1030. The molecule has 0 fully saturated rings. The van der Waals surface area contributed by atoms with Crippen LogP contribution >= 0.6 is 0 Å². The maximum Gasteiger partial charge on any atom is 0.227 e. The lowest BCUT2D eigenvalue weighted by Crippen LogP contribution is -2.31. The van der Waals surface area contributed by atoms with Gasteiger partial charge in [0.05, 0.1) is 13.0 Å². The number of carbonyl (C=O) groups is 2. The van der Waals surface area contributed by atoms with Crippen LogP contribution in [0.15, 0.2) is 78.9 Å². The highest BCUT2D eigenvalue weighted by atomic mass is 19.1. The molecule has 5 heteroatoms. The van der Waals surface area contributed by atoms with Gasteiger partial charge in [0.25, 0.3) is 0 Å². The van der Waals surface area contributed by atoms with Gasteiger partial charge in [-0.1, -0.05) is 68.4 Å². The summed E-state index contributed by atoms with van der Waals surface area (Å²) in [6.07, 6.45) is 1.50. The van der Waals surface area contributed by atoms with Gasteiger partial charge in [-0.25, -0.2) is 4.39 Å². The zero-order chi connectivity index (χ0) is 23.6. The summed E-state index contributed by atoms with van der Waals surface area (Å²) >= 11 is 0.